The summed E-state index contributed by atoms with van der Waals surface area (Å²) in [6.45, 7) is 8.86. The Morgan fingerprint density at radius 2 is 1.83 bits per heavy atom. The van der Waals surface area contributed by atoms with Crippen molar-refractivity contribution in [3.05, 3.63) is 71.5 Å². The van der Waals surface area contributed by atoms with E-state index >= 15 is 0 Å². The molecule has 0 aliphatic heterocycles. The topological polar surface area (TPSA) is 51.0 Å². The number of benzene rings is 2. The van der Waals surface area contributed by atoms with Crippen LogP contribution in [0.2, 0.25) is 0 Å². The summed E-state index contributed by atoms with van der Waals surface area (Å²) in [7, 11) is 0. The Bertz CT molecular complexity index is 1140. The summed E-state index contributed by atoms with van der Waals surface area (Å²) in [4.78, 5) is 19.9. The van der Waals surface area contributed by atoms with Crippen LogP contribution in [-0.2, 0) is 11.3 Å². The quantitative estimate of drug-likeness (QED) is 0.386. The highest BCUT2D eigenvalue weighted by atomic mass is 32.1. The number of hydrogen-bond acceptors (Lipinski definition) is 4. The first kappa shape index (κ1) is 20.3. The van der Waals surface area contributed by atoms with E-state index in [4.69, 9.17) is 4.98 Å². The molecule has 30 heavy (non-hydrogen) atoms. The number of aryl methyl sites for hydroxylation is 3. The molecule has 5 nitrogen and oxygen atoms in total. The van der Waals surface area contributed by atoms with Crippen LogP contribution < -0.4 is 4.90 Å². The molecule has 0 bridgehead atoms. The van der Waals surface area contributed by atoms with E-state index < -0.39 is 0 Å². The minimum atomic E-state index is 0.0129. The summed E-state index contributed by atoms with van der Waals surface area (Å²) in [5.41, 5.74) is 5.03. The zero-order chi connectivity index (χ0) is 21.3. The molecule has 2 aromatic carbocycles. The van der Waals surface area contributed by atoms with Crippen LogP contribution in [0, 0.1) is 13.8 Å². The van der Waals surface area contributed by atoms with Crippen LogP contribution in [0.15, 0.2) is 54.6 Å². The van der Waals surface area contributed by atoms with E-state index in [0.29, 0.717) is 24.0 Å². The van der Waals surface area contributed by atoms with Crippen LogP contribution in [0.5, 0.6) is 0 Å². The van der Waals surface area contributed by atoms with Crippen LogP contribution in [0.1, 0.15) is 43.1 Å². The minimum Gasteiger partial charge on any atom is -0.274 e. The average Bonchev–Trinajstić information content (AvgIpc) is 3.29. The van der Waals surface area contributed by atoms with Crippen LogP contribution in [-0.4, -0.2) is 20.7 Å². The van der Waals surface area contributed by atoms with Crippen molar-refractivity contribution in [1.82, 2.24) is 14.8 Å². The van der Waals surface area contributed by atoms with Gasteiger partial charge in [0.05, 0.1) is 21.6 Å². The standard InChI is InChI=1S/C24H26N4OS/c1-16(2)19-9-11-20(12-10-19)28(24-25-21-7-5-6-8-22(21)30-24)23(29)13-14-27-18(4)15-17(3)26-27/h5-12,15-16H,13-14H2,1-4H3. The van der Waals surface area contributed by atoms with Gasteiger partial charge in [-0.1, -0.05) is 49.4 Å². The predicted octanol–water partition coefficient (Wildman–Crippen LogP) is 5.99. The Hall–Kier alpha value is -2.99. The number of nitrogens with zero attached hydrogens (tertiary/aromatic N) is 4. The normalized spacial score (nSPS) is 11.4. The molecular formula is C24H26N4OS. The summed E-state index contributed by atoms with van der Waals surface area (Å²) in [6, 6.07) is 18.2. The van der Waals surface area contributed by atoms with Crippen molar-refractivity contribution in [2.24, 2.45) is 0 Å². The van der Waals surface area contributed by atoms with Crippen molar-refractivity contribution in [2.45, 2.75) is 46.6 Å². The van der Waals surface area contributed by atoms with E-state index in [1.54, 1.807) is 4.90 Å². The molecule has 0 aliphatic rings. The number of fused-ring (bicyclic) bond motifs is 1. The monoisotopic (exact) mass is 418 g/mol. The van der Waals surface area contributed by atoms with E-state index in [9.17, 15) is 4.79 Å². The van der Waals surface area contributed by atoms with Crippen molar-refractivity contribution in [2.75, 3.05) is 4.90 Å². The number of carbonyl (C=O) groups excluding carboxylic acids is 1. The average molecular weight is 419 g/mol. The molecule has 0 N–H and O–H groups in total. The van der Waals surface area contributed by atoms with Gasteiger partial charge in [-0.05, 0) is 55.7 Å². The molecule has 0 atom stereocenters. The van der Waals surface area contributed by atoms with E-state index in [2.05, 4.69) is 31.1 Å². The number of aromatic nitrogens is 3. The molecule has 0 saturated carbocycles. The number of amides is 1. The lowest BCUT2D eigenvalue weighted by molar-refractivity contribution is -0.118. The predicted molar refractivity (Wildman–Crippen MR) is 124 cm³/mol. The highest BCUT2D eigenvalue weighted by Crippen LogP contribution is 2.34. The van der Waals surface area contributed by atoms with Gasteiger partial charge >= 0.3 is 0 Å². The molecule has 0 fully saturated rings. The first-order valence-corrected chi connectivity index (χ1v) is 11.0. The smallest absolute Gasteiger partial charge is 0.235 e. The third-order valence-electron chi connectivity index (χ3n) is 5.18. The third-order valence-corrected chi connectivity index (χ3v) is 6.20. The first-order valence-electron chi connectivity index (χ1n) is 10.2. The molecule has 2 heterocycles. The highest BCUT2D eigenvalue weighted by Gasteiger charge is 2.22. The molecule has 0 spiro atoms. The Morgan fingerprint density at radius 1 is 1.10 bits per heavy atom. The second-order valence-corrected chi connectivity index (χ2v) is 8.85. The summed E-state index contributed by atoms with van der Waals surface area (Å²) in [5.74, 6) is 0.454. The summed E-state index contributed by atoms with van der Waals surface area (Å²) in [5, 5.41) is 5.19. The summed E-state index contributed by atoms with van der Waals surface area (Å²) < 4.78 is 2.97. The van der Waals surface area contributed by atoms with Gasteiger partial charge in [0.1, 0.15) is 0 Å². The summed E-state index contributed by atoms with van der Waals surface area (Å²) in [6.07, 6.45) is 0.351. The zero-order valence-corrected chi connectivity index (χ0v) is 18.6. The van der Waals surface area contributed by atoms with E-state index in [-0.39, 0.29) is 5.91 Å². The molecule has 4 aromatic rings. The van der Waals surface area contributed by atoms with Crippen LogP contribution in [0.3, 0.4) is 0 Å². The lowest BCUT2D eigenvalue weighted by Gasteiger charge is -2.21. The van der Waals surface area contributed by atoms with Crippen LogP contribution >= 0.6 is 11.3 Å². The third kappa shape index (κ3) is 4.14. The Morgan fingerprint density at radius 3 is 2.47 bits per heavy atom. The Balaban J connectivity index is 1.67. The lowest BCUT2D eigenvalue weighted by Crippen LogP contribution is -2.27. The number of rotatable bonds is 6. The lowest BCUT2D eigenvalue weighted by atomic mass is 10.0. The van der Waals surface area contributed by atoms with Gasteiger partial charge in [0, 0.05) is 18.7 Å². The molecule has 0 unspecified atom stereocenters. The molecule has 1 amide bonds. The van der Waals surface area contributed by atoms with Gasteiger partial charge in [0.15, 0.2) is 5.13 Å². The van der Waals surface area contributed by atoms with Crippen molar-refractivity contribution in [1.29, 1.82) is 0 Å². The Labute approximate surface area is 181 Å². The van der Waals surface area contributed by atoms with E-state index in [0.717, 1.165) is 27.3 Å². The molecule has 154 valence electrons. The minimum absolute atomic E-state index is 0.0129. The number of anilines is 2. The van der Waals surface area contributed by atoms with Gasteiger partial charge in [0.25, 0.3) is 0 Å². The van der Waals surface area contributed by atoms with Gasteiger partial charge in [-0.2, -0.15) is 5.10 Å². The second-order valence-electron chi connectivity index (χ2n) is 7.84. The van der Waals surface area contributed by atoms with Crippen LogP contribution in [0.25, 0.3) is 10.2 Å². The van der Waals surface area contributed by atoms with E-state index in [1.165, 1.54) is 16.9 Å². The fourth-order valence-electron chi connectivity index (χ4n) is 3.54. The van der Waals surface area contributed by atoms with Crippen LogP contribution in [0.4, 0.5) is 10.8 Å². The van der Waals surface area contributed by atoms with Gasteiger partial charge in [-0.15, -0.1) is 0 Å². The molecule has 0 aliphatic carbocycles. The fraction of sp³-hybridized carbons (Fsp3) is 0.292. The molecular weight excluding hydrogens is 392 g/mol. The number of carbonyl (C=O) groups is 1. The first-order chi connectivity index (χ1) is 14.4. The van der Waals surface area contributed by atoms with Crippen molar-refractivity contribution in [3.63, 3.8) is 0 Å². The molecule has 4 rings (SSSR count). The molecule has 2 aromatic heterocycles. The maximum absolute atomic E-state index is 13.4. The van der Waals surface area contributed by atoms with Crippen molar-refractivity contribution in [3.8, 4) is 0 Å². The van der Waals surface area contributed by atoms with Gasteiger partial charge in [0.2, 0.25) is 5.91 Å². The van der Waals surface area contributed by atoms with E-state index in [1.807, 2.05) is 61.0 Å². The van der Waals surface area contributed by atoms with Gasteiger partial charge < -0.3 is 0 Å². The second kappa shape index (κ2) is 8.40. The van der Waals surface area contributed by atoms with Crippen molar-refractivity contribution >= 4 is 38.3 Å². The number of hydrogen-bond donors (Lipinski definition) is 0. The van der Waals surface area contributed by atoms with Gasteiger partial charge in [-0.3, -0.25) is 14.4 Å². The fourth-order valence-corrected chi connectivity index (χ4v) is 4.54. The van der Waals surface area contributed by atoms with Crippen molar-refractivity contribution < 1.29 is 4.79 Å². The van der Waals surface area contributed by atoms with Gasteiger partial charge in [-0.25, -0.2) is 4.98 Å². The zero-order valence-electron chi connectivity index (χ0n) is 17.8. The maximum atomic E-state index is 13.4. The molecule has 0 radical (unpaired) electrons. The molecule has 6 heteroatoms. The molecule has 0 saturated heterocycles. The maximum Gasteiger partial charge on any atom is 0.235 e. The SMILES string of the molecule is Cc1cc(C)n(CCC(=O)N(c2ccc(C(C)C)cc2)c2nc3ccccc3s2)n1. The largest absolute Gasteiger partial charge is 0.274 e. The Kier molecular flexibility index (Phi) is 5.68. The number of thiazole rings is 1. The highest BCUT2D eigenvalue weighted by molar-refractivity contribution is 7.22. The summed E-state index contributed by atoms with van der Waals surface area (Å²) >= 11 is 1.54. The number of para-hydroxylation sites is 1.